The fraction of sp³-hybridized carbons (Fsp3) is 0.611. The summed E-state index contributed by atoms with van der Waals surface area (Å²) in [5.41, 5.74) is 0.786. The highest BCUT2D eigenvalue weighted by Crippen LogP contribution is 2.26. The first kappa shape index (κ1) is 20.5. The summed E-state index contributed by atoms with van der Waals surface area (Å²) in [7, 11) is -3.07. The highest BCUT2D eigenvalue weighted by atomic mass is 35.5. The first-order valence-electron chi connectivity index (χ1n) is 8.63. The van der Waals surface area contributed by atoms with Gasteiger partial charge in [-0.15, -0.1) is 0 Å². The van der Waals surface area contributed by atoms with Crippen LogP contribution in [-0.4, -0.2) is 43.3 Å². The van der Waals surface area contributed by atoms with Gasteiger partial charge in [-0.1, -0.05) is 43.1 Å². The van der Waals surface area contributed by atoms with E-state index in [9.17, 15) is 13.2 Å². The number of piperidine rings is 1. The van der Waals surface area contributed by atoms with Crippen LogP contribution in [-0.2, 0) is 21.1 Å². The van der Waals surface area contributed by atoms with Crippen LogP contribution >= 0.6 is 23.2 Å². The molecule has 7 heteroatoms. The van der Waals surface area contributed by atoms with Gasteiger partial charge < -0.3 is 4.90 Å². The second-order valence-electron chi connectivity index (χ2n) is 7.00. The first-order valence-corrected chi connectivity index (χ1v) is 11.1. The maximum Gasteiger partial charge on any atom is 0.222 e. The Bertz CT molecular complexity index is 691. The van der Waals surface area contributed by atoms with Gasteiger partial charge in [0.2, 0.25) is 5.91 Å². The van der Waals surface area contributed by atoms with Gasteiger partial charge >= 0.3 is 0 Å². The Labute approximate surface area is 160 Å². The van der Waals surface area contributed by atoms with Crippen LogP contribution in [0.5, 0.6) is 0 Å². The van der Waals surface area contributed by atoms with Gasteiger partial charge in [0.15, 0.2) is 9.84 Å². The molecule has 1 heterocycles. The molecule has 25 heavy (non-hydrogen) atoms. The number of amides is 1. The summed E-state index contributed by atoms with van der Waals surface area (Å²) in [5.74, 6) is 0.372. The average molecular weight is 406 g/mol. The van der Waals surface area contributed by atoms with Gasteiger partial charge in [-0.2, -0.15) is 0 Å². The molecule has 0 unspecified atom stereocenters. The van der Waals surface area contributed by atoms with Gasteiger partial charge in [0, 0.05) is 29.6 Å². The molecule has 0 aromatic heterocycles. The molecule has 1 aliphatic heterocycles. The Morgan fingerprint density at radius 1 is 1.20 bits per heavy atom. The quantitative estimate of drug-likeness (QED) is 0.718. The molecule has 0 atom stereocenters. The van der Waals surface area contributed by atoms with Crippen molar-refractivity contribution in [3.63, 3.8) is 0 Å². The van der Waals surface area contributed by atoms with Gasteiger partial charge in [-0.05, 0) is 42.9 Å². The summed E-state index contributed by atoms with van der Waals surface area (Å²) in [5, 5.41) is 0.814. The molecule has 4 nitrogen and oxygen atoms in total. The molecule has 1 amide bonds. The summed E-state index contributed by atoms with van der Waals surface area (Å²) >= 11 is 12.3. The van der Waals surface area contributed by atoms with E-state index in [1.165, 1.54) is 0 Å². The molecule has 0 spiro atoms. The number of carbonyl (C=O) groups excluding carboxylic acids is 1. The number of benzene rings is 1. The average Bonchev–Trinajstić information content (AvgIpc) is 2.53. The Morgan fingerprint density at radius 3 is 2.28 bits per heavy atom. The molecular formula is C18H25Cl2NO3S. The molecule has 1 aliphatic rings. The van der Waals surface area contributed by atoms with E-state index < -0.39 is 9.84 Å². The Morgan fingerprint density at radius 2 is 1.76 bits per heavy atom. The van der Waals surface area contributed by atoms with Crippen molar-refractivity contribution in [2.45, 2.75) is 44.8 Å². The molecule has 0 aliphatic carbocycles. The summed E-state index contributed by atoms with van der Waals surface area (Å²) < 4.78 is 24.7. The maximum absolute atomic E-state index is 12.4. The molecular weight excluding hydrogens is 381 g/mol. The first-order chi connectivity index (χ1) is 11.7. The minimum Gasteiger partial charge on any atom is -0.343 e. The third-order valence-corrected chi connectivity index (χ3v) is 7.85. The zero-order chi connectivity index (χ0) is 18.6. The standard InChI is InChI=1S/C18H25Cl2NO3S/c1-13(2)12-25(23,24)14-8-10-21(11-9-14)18(22)7-6-15-16(19)4-3-5-17(15)20/h3-5,13-14H,6-12H2,1-2H3. The summed E-state index contributed by atoms with van der Waals surface area (Å²) in [6.45, 7) is 4.82. The van der Waals surface area contributed by atoms with Crippen molar-refractivity contribution in [3.05, 3.63) is 33.8 Å². The molecule has 0 radical (unpaired) electrons. The summed E-state index contributed by atoms with van der Waals surface area (Å²) in [4.78, 5) is 14.2. The smallest absolute Gasteiger partial charge is 0.222 e. The van der Waals surface area contributed by atoms with Gasteiger partial charge in [-0.25, -0.2) is 8.42 Å². The van der Waals surface area contributed by atoms with Crippen molar-refractivity contribution in [2.75, 3.05) is 18.8 Å². The fourth-order valence-electron chi connectivity index (χ4n) is 3.23. The minimum atomic E-state index is -3.07. The number of halogens is 2. The lowest BCUT2D eigenvalue weighted by Gasteiger charge is -2.32. The molecule has 0 bridgehead atoms. The number of sulfone groups is 1. The lowest BCUT2D eigenvalue weighted by Crippen LogP contribution is -2.43. The predicted molar refractivity (Wildman–Crippen MR) is 103 cm³/mol. The van der Waals surface area contributed by atoms with Crippen LogP contribution in [0.2, 0.25) is 10.0 Å². The highest BCUT2D eigenvalue weighted by molar-refractivity contribution is 7.92. The summed E-state index contributed by atoms with van der Waals surface area (Å²) in [6.07, 6.45) is 1.86. The number of nitrogens with zero attached hydrogens (tertiary/aromatic N) is 1. The predicted octanol–water partition coefficient (Wildman–Crippen LogP) is 3.99. The largest absolute Gasteiger partial charge is 0.343 e. The molecule has 1 fully saturated rings. The molecule has 2 rings (SSSR count). The lowest BCUT2D eigenvalue weighted by molar-refractivity contribution is -0.132. The number of likely N-dealkylation sites (tertiary alicyclic amines) is 1. The summed E-state index contributed by atoms with van der Waals surface area (Å²) in [6, 6.07) is 5.30. The fourth-order valence-corrected chi connectivity index (χ4v) is 5.94. The Kier molecular flexibility index (Phi) is 7.18. The minimum absolute atomic E-state index is 0.0238. The van der Waals surface area contributed by atoms with E-state index in [2.05, 4.69) is 0 Å². The Balaban J connectivity index is 1.87. The van der Waals surface area contributed by atoms with E-state index >= 15 is 0 Å². The third kappa shape index (κ3) is 5.60. The van der Waals surface area contributed by atoms with Gasteiger partial charge in [0.05, 0.1) is 11.0 Å². The van der Waals surface area contributed by atoms with Crippen molar-refractivity contribution in [1.29, 1.82) is 0 Å². The van der Waals surface area contributed by atoms with Crippen LogP contribution in [0.25, 0.3) is 0 Å². The second-order valence-corrected chi connectivity index (χ2v) is 10.1. The van der Waals surface area contributed by atoms with Crippen LogP contribution in [0.1, 0.15) is 38.7 Å². The normalized spacial score (nSPS) is 16.4. The van der Waals surface area contributed by atoms with E-state index in [-0.39, 0.29) is 22.8 Å². The van der Waals surface area contributed by atoms with Crippen LogP contribution in [0.15, 0.2) is 18.2 Å². The molecule has 1 aromatic carbocycles. The van der Waals surface area contributed by atoms with Crippen molar-refractivity contribution >= 4 is 38.9 Å². The topological polar surface area (TPSA) is 54.5 Å². The number of rotatable bonds is 6. The zero-order valence-electron chi connectivity index (χ0n) is 14.7. The zero-order valence-corrected chi connectivity index (χ0v) is 17.0. The van der Waals surface area contributed by atoms with Crippen LogP contribution in [0.3, 0.4) is 0 Å². The van der Waals surface area contributed by atoms with Gasteiger partial charge in [0.25, 0.3) is 0 Å². The molecule has 1 aromatic rings. The molecule has 1 saturated heterocycles. The number of hydrogen-bond donors (Lipinski definition) is 0. The second kappa shape index (κ2) is 8.74. The van der Waals surface area contributed by atoms with Crippen molar-refractivity contribution in [3.8, 4) is 0 Å². The third-order valence-electron chi connectivity index (χ3n) is 4.52. The molecule has 140 valence electrons. The van der Waals surface area contributed by atoms with E-state index in [1.54, 1.807) is 23.1 Å². The van der Waals surface area contributed by atoms with Crippen LogP contribution in [0, 0.1) is 5.92 Å². The van der Waals surface area contributed by atoms with Crippen molar-refractivity contribution in [2.24, 2.45) is 5.92 Å². The van der Waals surface area contributed by atoms with Crippen molar-refractivity contribution in [1.82, 2.24) is 4.90 Å². The Hall–Kier alpha value is -0.780. The van der Waals surface area contributed by atoms with E-state index in [4.69, 9.17) is 23.2 Å². The molecule has 0 N–H and O–H groups in total. The monoisotopic (exact) mass is 405 g/mol. The van der Waals surface area contributed by atoms with E-state index in [0.717, 1.165) is 5.56 Å². The maximum atomic E-state index is 12.4. The SMILES string of the molecule is CC(C)CS(=O)(=O)C1CCN(C(=O)CCc2c(Cl)cccc2Cl)CC1. The van der Waals surface area contributed by atoms with Gasteiger partial charge in [-0.3, -0.25) is 4.79 Å². The lowest BCUT2D eigenvalue weighted by atomic mass is 10.1. The van der Waals surface area contributed by atoms with Crippen LogP contribution < -0.4 is 0 Å². The number of hydrogen-bond acceptors (Lipinski definition) is 3. The van der Waals surface area contributed by atoms with E-state index in [1.807, 2.05) is 13.8 Å². The van der Waals surface area contributed by atoms with E-state index in [0.29, 0.717) is 48.8 Å². The van der Waals surface area contributed by atoms with Crippen LogP contribution in [0.4, 0.5) is 0 Å². The number of carbonyl (C=O) groups is 1. The van der Waals surface area contributed by atoms with Crippen molar-refractivity contribution < 1.29 is 13.2 Å². The molecule has 0 saturated carbocycles. The van der Waals surface area contributed by atoms with Gasteiger partial charge in [0.1, 0.15) is 0 Å². The highest BCUT2D eigenvalue weighted by Gasteiger charge is 2.31.